The molecule has 1 aromatic rings. The van der Waals surface area contributed by atoms with Gasteiger partial charge in [-0.2, -0.15) is 0 Å². The van der Waals surface area contributed by atoms with Crippen LogP contribution in [0.5, 0.6) is 0 Å². The van der Waals surface area contributed by atoms with Crippen molar-refractivity contribution in [3.63, 3.8) is 0 Å². The lowest BCUT2D eigenvalue weighted by molar-refractivity contribution is -0.130. The van der Waals surface area contributed by atoms with Crippen LogP contribution in [-0.4, -0.2) is 12.1 Å². The zero-order valence-corrected chi connectivity index (χ0v) is 9.81. The monoisotopic (exact) mass is 238 g/mol. The van der Waals surface area contributed by atoms with Crippen LogP contribution in [0, 0.1) is 5.41 Å². The molecule has 0 fully saturated rings. The van der Waals surface area contributed by atoms with Gasteiger partial charge in [-0.1, -0.05) is 12.1 Å². The highest BCUT2D eigenvalue weighted by Crippen LogP contribution is 2.51. The summed E-state index contributed by atoms with van der Waals surface area (Å²) in [5.41, 5.74) is -0.949. The molecule has 0 radical (unpaired) electrons. The molecule has 0 bridgehead atoms. The molecule has 0 aromatic carbocycles. The molecule has 0 N–H and O–H groups in total. The average molecular weight is 238 g/mol. The van der Waals surface area contributed by atoms with E-state index in [4.69, 9.17) is 0 Å². The number of rotatable bonds is 3. The number of hydrogen-bond donors (Lipinski definition) is 0. The van der Waals surface area contributed by atoms with Gasteiger partial charge in [0, 0.05) is 4.88 Å². The van der Waals surface area contributed by atoms with Crippen LogP contribution in [0.15, 0.2) is 29.0 Å². The summed E-state index contributed by atoms with van der Waals surface area (Å²) in [4.78, 5) is 23.9. The van der Waals surface area contributed by atoms with Crippen LogP contribution >= 0.6 is 23.1 Å². The second kappa shape index (κ2) is 3.94. The van der Waals surface area contributed by atoms with E-state index < -0.39 is 5.41 Å². The van der Waals surface area contributed by atoms with Gasteiger partial charge in [0.1, 0.15) is 17.5 Å². The van der Waals surface area contributed by atoms with Crippen molar-refractivity contribution < 1.29 is 9.59 Å². The quantitative estimate of drug-likeness (QED) is 0.600. The van der Waals surface area contributed by atoms with E-state index in [0.717, 1.165) is 11.2 Å². The third kappa shape index (κ3) is 1.58. The Kier molecular flexibility index (Phi) is 2.80. The SMILES string of the molecule is CC(=O)C1(C=O)C=CSC1c1cccs1. The van der Waals surface area contributed by atoms with E-state index in [2.05, 4.69) is 0 Å². The topological polar surface area (TPSA) is 34.1 Å². The lowest BCUT2D eigenvalue weighted by Crippen LogP contribution is -2.31. The van der Waals surface area contributed by atoms with Crippen molar-refractivity contribution in [3.05, 3.63) is 33.9 Å². The number of allylic oxidation sites excluding steroid dienone is 1. The first-order valence-corrected chi connectivity index (χ1v) is 6.37. The van der Waals surface area contributed by atoms with Gasteiger partial charge in [0.2, 0.25) is 0 Å². The van der Waals surface area contributed by atoms with E-state index in [0.29, 0.717) is 0 Å². The zero-order valence-electron chi connectivity index (χ0n) is 8.17. The number of carbonyl (C=O) groups is 2. The third-order valence-corrected chi connectivity index (χ3v) is 4.89. The van der Waals surface area contributed by atoms with Crippen molar-refractivity contribution in [1.29, 1.82) is 0 Å². The van der Waals surface area contributed by atoms with E-state index in [1.54, 1.807) is 17.4 Å². The number of carbonyl (C=O) groups excluding carboxylic acids is 2. The number of aldehydes is 1. The Labute approximate surface area is 96.4 Å². The molecule has 0 spiro atoms. The summed E-state index contributed by atoms with van der Waals surface area (Å²) in [7, 11) is 0. The van der Waals surface area contributed by atoms with Crippen LogP contribution in [0.3, 0.4) is 0 Å². The molecule has 78 valence electrons. The smallest absolute Gasteiger partial charge is 0.148 e. The standard InChI is InChI=1S/C11H10O2S2/c1-8(13)11(7-12)4-6-15-10(11)9-3-2-5-14-9/h2-7,10H,1H3. The number of Topliss-reactive ketones (excluding diaryl/α,β-unsaturated/α-hetero) is 1. The molecule has 2 nitrogen and oxygen atoms in total. The minimum absolute atomic E-state index is 0.0764. The van der Waals surface area contributed by atoms with E-state index in [9.17, 15) is 9.59 Å². The molecule has 2 unspecified atom stereocenters. The van der Waals surface area contributed by atoms with Crippen LogP contribution in [0.25, 0.3) is 0 Å². The maximum absolute atomic E-state index is 11.6. The summed E-state index contributed by atoms with van der Waals surface area (Å²) in [6, 6.07) is 3.91. The maximum Gasteiger partial charge on any atom is 0.148 e. The van der Waals surface area contributed by atoms with Crippen LogP contribution < -0.4 is 0 Å². The van der Waals surface area contributed by atoms with Gasteiger partial charge in [-0.25, -0.2) is 0 Å². The Morgan fingerprint density at radius 1 is 1.60 bits per heavy atom. The highest BCUT2D eigenvalue weighted by Gasteiger charge is 2.45. The Bertz CT molecular complexity index is 408. The Balaban J connectivity index is 2.43. The second-order valence-corrected chi connectivity index (χ2v) is 5.44. The molecule has 1 aliphatic heterocycles. The maximum atomic E-state index is 11.6. The van der Waals surface area contributed by atoms with Crippen molar-refractivity contribution in [1.82, 2.24) is 0 Å². The lowest BCUT2D eigenvalue weighted by Gasteiger charge is -2.24. The molecule has 4 heteroatoms. The average Bonchev–Trinajstić information content (AvgIpc) is 2.86. The highest BCUT2D eigenvalue weighted by molar-refractivity contribution is 8.02. The largest absolute Gasteiger partial charge is 0.302 e. The van der Waals surface area contributed by atoms with Gasteiger partial charge in [-0.15, -0.1) is 23.1 Å². The Morgan fingerprint density at radius 2 is 2.40 bits per heavy atom. The molecule has 0 amide bonds. The first-order valence-electron chi connectivity index (χ1n) is 4.54. The predicted molar refractivity (Wildman–Crippen MR) is 63.0 cm³/mol. The summed E-state index contributed by atoms with van der Waals surface area (Å²) in [5.74, 6) is -0.0860. The zero-order chi connectivity index (χ0) is 10.9. The molecule has 0 aliphatic carbocycles. The molecular weight excluding hydrogens is 228 g/mol. The Morgan fingerprint density at radius 3 is 2.93 bits per heavy atom. The molecule has 2 heterocycles. The fraction of sp³-hybridized carbons (Fsp3) is 0.273. The van der Waals surface area contributed by atoms with Crippen molar-refractivity contribution in [2.45, 2.75) is 12.2 Å². The Hall–Kier alpha value is -0.870. The minimum atomic E-state index is -0.949. The van der Waals surface area contributed by atoms with E-state index >= 15 is 0 Å². The van der Waals surface area contributed by atoms with Crippen molar-refractivity contribution in [2.75, 3.05) is 0 Å². The van der Waals surface area contributed by atoms with Gasteiger partial charge < -0.3 is 4.79 Å². The van der Waals surface area contributed by atoms with E-state index in [-0.39, 0.29) is 11.0 Å². The molecular formula is C11H10O2S2. The molecule has 0 saturated carbocycles. The summed E-state index contributed by atoms with van der Waals surface area (Å²) in [5, 5.41) is 3.73. The van der Waals surface area contributed by atoms with Crippen molar-refractivity contribution in [3.8, 4) is 0 Å². The number of hydrogen-bond acceptors (Lipinski definition) is 4. The molecule has 0 saturated heterocycles. The van der Waals surface area contributed by atoms with Crippen molar-refractivity contribution in [2.24, 2.45) is 5.41 Å². The molecule has 1 aliphatic rings. The minimum Gasteiger partial charge on any atom is -0.302 e. The third-order valence-electron chi connectivity index (χ3n) is 2.60. The summed E-state index contributed by atoms with van der Waals surface area (Å²) in [6.45, 7) is 1.48. The number of ketones is 1. The van der Waals surface area contributed by atoms with Gasteiger partial charge in [-0.3, -0.25) is 4.79 Å². The fourth-order valence-corrected chi connectivity index (χ4v) is 3.98. The first-order chi connectivity index (χ1) is 7.20. The molecule has 2 rings (SSSR count). The summed E-state index contributed by atoms with van der Waals surface area (Å²) in [6.07, 6.45) is 2.49. The summed E-state index contributed by atoms with van der Waals surface area (Å²) < 4.78 is 0. The van der Waals surface area contributed by atoms with Crippen LogP contribution in [0.2, 0.25) is 0 Å². The van der Waals surface area contributed by atoms with Gasteiger partial charge in [0.15, 0.2) is 0 Å². The lowest BCUT2D eigenvalue weighted by atomic mass is 9.81. The van der Waals surface area contributed by atoms with Crippen LogP contribution in [-0.2, 0) is 9.59 Å². The van der Waals surface area contributed by atoms with E-state index in [1.165, 1.54) is 18.7 Å². The number of thioether (sulfide) groups is 1. The highest BCUT2D eigenvalue weighted by atomic mass is 32.2. The fourth-order valence-electron chi connectivity index (χ4n) is 1.66. The summed E-state index contributed by atoms with van der Waals surface area (Å²) >= 11 is 3.12. The predicted octanol–water partition coefficient (Wildman–Crippen LogP) is 2.82. The van der Waals surface area contributed by atoms with Gasteiger partial charge >= 0.3 is 0 Å². The van der Waals surface area contributed by atoms with E-state index in [1.807, 2.05) is 22.9 Å². The normalized spacial score (nSPS) is 29.3. The van der Waals surface area contributed by atoms with Gasteiger partial charge in [-0.05, 0) is 23.8 Å². The second-order valence-electron chi connectivity index (χ2n) is 3.44. The van der Waals surface area contributed by atoms with Crippen LogP contribution in [0.1, 0.15) is 17.1 Å². The van der Waals surface area contributed by atoms with Crippen LogP contribution in [0.4, 0.5) is 0 Å². The van der Waals surface area contributed by atoms with Gasteiger partial charge in [0.05, 0.1) is 5.25 Å². The first kappa shape index (κ1) is 10.6. The number of thiophene rings is 1. The molecule has 2 atom stereocenters. The van der Waals surface area contributed by atoms with Gasteiger partial charge in [0.25, 0.3) is 0 Å². The molecule has 15 heavy (non-hydrogen) atoms. The molecule has 1 aromatic heterocycles. The van der Waals surface area contributed by atoms with Crippen molar-refractivity contribution >= 4 is 35.2 Å².